The van der Waals surface area contributed by atoms with Gasteiger partial charge in [0.2, 0.25) is 5.91 Å². The van der Waals surface area contributed by atoms with E-state index in [0.717, 1.165) is 12.8 Å². The van der Waals surface area contributed by atoms with Gasteiger partial charge in [-0.3, -0.25) is 9.59 Å². The third-order valence-corrected chi connectivity index (χ3v) is 3.33. The summed E-state index contributed by atoms with van der Waals surface area (Å²) in [5.74, 6) is -1.25. The van der Waals surface area contributed by atoms with Gasteiger partial charge < -0.3 is 16.2 Å². The molecular weight excluding hydrogens is 232 g/mol. The molecule has 0 aliphatic carbocycles. The fourth-order valence-electron chi connectivity index (χ4n) is 1.48. The lowest BCUT2D eigenvalue weighted by molar-refractivity contribution is -0.141. The first-order chi connectivity index (χ1) is 8.20. The van der Waals surface area contributed by atoms with E-state index in [1.54, 1.807) is 13.8 Å². The van der Waals surface area contributed by atoms with Crippen molar-refractivity contribution in [1.29, 1.82) is 0 Å². The van der Waals surface area contributed by atoms with E-state index in [1.165, 1.54) is 0 Å². The first kappa shape index (κ1) is 16.9. The molecule has 5 heteroatoms. The van der Waals surface area contributed by atoms with Gasteiger partial charge in [0.25, 0.3) is 0 Å². The van der Waals surface area contributed by atoms with Crippen LogP contribution < -0.4 is 11.1 Å². The number of carbonyl (C=O) groups excluding carboxylic acids is 1. The van der Waals surface area contributed by atoms with Crippen molar-refractivity contribution in [2.75, 3.05) is 0 Å². The van der Waals surface area contributed by atoms with E-state index in [4.69, 9.17) is 10.8 Å². The van der Waals surface area contributed by atoms with Crippen molar-refractivity contribution in [2.45, 2.75) is 65.0 Å². The van der Waals surface area contributed by atoms with Crippen LogP contribution in [0.15, 0.2) is 0 Å². The highest BCUT2D eigenvalue weighted by molar-refractivity contribution is 5.85. The minimum absolute atomic E-state index is 0.0212. The zero-order valence-corrected chi connectivity index (χ0v) is 11.8. The largest absolute Gasteiger partial charge is 0.481 e. The summed E-state index contributed by atoms with van der Waals surface area (Å²) in [4.78, 5) is 22.4. The Morgan fingerprint density at radius 3 is 2.33 bits per heavy atom. The molecule has 0 aromatic heterocycles. The summed E-state index contributed by atoms with van der Waals surface area (Å²) in [7, 11) is 0. The Kier molecular flexibility index (Phi) is 6.91. The molecule has 0 saturated carbocycles. The van der Waals surface area contributed by atoms with E-state index in [9.17, 15) is 9.59 Å². The summed E-state index contributed by atoms with van der Waals surface area (Å²) in [6.45, 7) is 7.19. The van der Waals surface area contributed by atoms with Gasteiger partial charge in [0.05, 0.1) is 11.5 Å². The summed E-state index contributed by atoms with van der Waals surface area (Å²) in [6.07, 6.45) is 2.76. The number of nitrogens with one attached hydrogen (secondary N) is 1. The van der Waals surface area contributed by atoms with Crippen molar-refractivity contribution in [3.63, 3.8) is 0 Å². The molecule has 0 radical (unpaired) electrons. The van der Waals surface area contributed by atoms with Gasteiger partial charge in [0, 0.05) is 6.04 Å². The van der Waals surface area contributed by atoms with Gasteiger partial charge in [-0.2, -0.15) is 0 Å². The lowest BCUT2D eigenvalue weighted by atomic mass is 9.98. The second kappa shape index (κ2) is 7.36. The van der Waals surface area contributed by atoms with E-state index in [1.807, 2.05) is 13.8 Å². The second-order valence-electron chi connectivity index (χ2n) is 5.32. The van der Waals surface area contributed by atoms with Crippen LogP contribution in [0, 0.1) is 5.92 Å². The molecule has 106 valence electrons. The topological polar surface area (TPSA) is 92.4 Å². The van der Waals surface area contributed by atoms with Crippen molar-refractivity contribution in [2.24, 2.45) is 11.7 Å². The Balaban J connectivity index is 3.95. The van der Waals surface area contributed by atoms with Crippen LogP contribution in [0.1, 0.15) is 53.4 Å². The summed E-state index contributed by atoms with van der Waals surface area (Å²) in [5.41, 5.74) is 5.00. The van der Waals surface area contributed by atoms with Gasteiger partial charge in [0.1, 0.15) is 0 Å². The van der Waals surface area contributed by atoms with Crippen molar-refractivity contribution < 1.29 is 14.7 Å². The zero-order valence-electron chi connectivity index (χ0n) is 11.8. The number of amides is 1. The first-order valence-electron chi connectivity index (χ1n) is 6.53. The smallest absolute Gasteiger partial charge is 0.306 e. The predicted molar refractivity (Wildman–Crippen MR) is 71.1 cm³/mol. The SMILES string of the molecule is CCC(C)(N)C(=O)NC(C)CCCC(C)C(=O)O. The fourth-order valence-corrected chi connectivity index (χ4v) is 1.48. The molecular formula is C13H26N2O3. The Morgan fingerprint density at radius 1 is 1.33 bits per heavy atom. The Bertz CT molecular complexity index is 290. The number of nitrogens with two attached hydrogens (primary N) is 1. The predicted octanol–water partition coefficient (Wildman–Crippen LogP) is 1.51. The maximum atomic E-state index is 11.8. The maximum Gasteiger partial charge on any atom is 0.306 e. The van der Waals surface area contributed by atoms with Crippen LogP contribution in [0.3, 0.4) is 0 Å². The van der Waals surface area contributed by atoms with Gasteiger partial charge >= 0.3 is 5.97 Å². The molecule has 3 atom stereocenters. The minimum atomic E-state index is -0.831. The quantitative estimate of drug-likeness (QED) is 0.615. The molecule has 1 amide bonds. The molecule has 0 saturated heterocycles. The second-order valence-corrected chi connectivity index (χ2v) is 5.32. The normalized spacial score (nSPS) is 17.6. The third-order valence-electron chi connectivity index (χ3n) is 3.33. The molecule has 0 aromatic carbocycles. The van der Waals surface area contributed by atoms with E-state index in [0.29, 0.717) is 12.8 Å². The first-order valence-corrected chi connectivity index (χ1v) is 6.53. The molecule has 0 bridgehead atoms. The number of carbonyl (C=O) groups is 2. The molecule has 18 heavy (non-hydrogen) atoms. The fraction of sp³-hybridized carbons (Fsp3) is 0.846. The monoisotopic (exact) mass is 258 g/mol. The molecule has 0 fully saturated rings. The van der Waals surface area contributed by atoms with Gasteiger partial charge in [-0.25, -0.2) is 0 Å². The lowest BCUT2D eigenvalue weighted by Crippen LogP contribution is -2.53. The number of carboxylic acid groups (broad SMARTS) is 1. The van der Waals surface area contributed by atoms with E-state index >= 15 is 0 Å². The molecule has 0 aromatic rings. The number of aliphatic carboxylic acids is 1. The Morgan fingerprint density at radius 2 is 1.89 bits per heavy atom. The van der Waals surface area contributed by atoms with E-state index < -0.39 is 11.5 Å². The summed E-state index contributed by atoms with van der Waals surface area (Å²) >= 11 is 0. The van der Waals surface area contributed by atoms with Gasteiger partial charge in [-0.15, -0.1) is 0 Å². The number of carboxylic acids is 1. The summed E-state index contributed by atoms with van der Waals surface area (Å²) in [5, 5.41) is 11.6. The van der Waals surface area contributed by atoms with Crippen molar-refractivity contribution >= 4 is 11.9 Å². The highest BCUT2D eigenvalue weighted by atomic mass is 16.4. The summed E-state index contributed by atoms with van der Waals surface area (Å²) < 4.78 is 0. The lowest BCUT2D eigenvalue weighted by Gasteiger charge is -2.24. The van der Waals surface area contributed by atoms with Crippen LogP contribution in [0.4, 0.5) is 0 Å². The van der Waals surface area contributed by atoms with Crippen molar-refractivity contribution in [3.05, 3.63) is 0 Å². The van der Waals surface area contributed by atoms with E-state index in [-0.39, 0.29) is 17.9 Å². The molecule has 5 nitrogen and oxygen atoms in total. The molecule has 0 heterocycles. The maximum absolute atomic E-state index is 11.8. The average Bonchev–Trinajstić information content (AvgIpc) is 2.28. The van der Waals surface area contributed by atoms with Crippen LogP contribution in [-0.4, -0.2) is 28.6 Å². The van der Waals surface area contributed by atoms with Crippen LogP contribution in [0.2, 0.25) is 0 Å². The van der Waals surface area contributed by atoms with Crippen LogP contribution in [0.5, 0.6) is 0 Å². The van der Waals surface area contributed by atoms with Crippen molar-refractivity contribution in [1.82, 2.24) is 5.32 Å². The molecule has 0 spiro atoms. The molecule has 4 N–H and O–H groups in total. The van der Waals surface area contributed by atoms with Crippen molar-refractivity contribution in [3.8, 4) is 0 Å². The number of hydrogen-bond donors (Lipinski definition) is 3. The Labute approximate surface area is 109 Å². The molecule has 0 rings (SSSR count). The molecule has 0 aliphatic rings. The van der Waals surface area contributed by atoms with Crippen LogP contribution in [-0.2, 0) is 9.59 Å². The van der Waals surface area contributed by atoms with Gasteiger partial charge in [-0.1, -0.05) is 20.3 Å². The molecule has 0 aliphatic heterocycles. The number of rotatable bonds is 8. The zero-order chi connectivity index (χ0) is 14.3. The minimum Gasteiger partial charge on any atom is -0.481 e. The number of hydrogen-bond acceptors (Lipinski definition) is 3. The van der Waals surface area contributed by atoms with Crippen LogP contribution >= 0.6 is 0 Å². The summed E-state index contributed by atoms with van der Waals surface area (Å²) in [6, 6.07) is 0.0212. The highest BCUT2D eigenvalue weighted by Gasteiger charge is 2.26. The van der Waals surface area contributed by atoms with E-state index in [2.05, 4.69) is 5.32 Å². The Hall–Kier alpha value is -1.10. The highest BCUT2D eigenvalue weighted by Crippen LogP contribution is 2.11. The standard InChI is InChI=1S/C13H26N2O3/c1-5-13(4,14)12(18)15-10(3)8-6-7-9(2)11(16)17/h9-10H,5-8,14H2,1-4H3,(H,15,18)(H,16,17). The van der Waals surface area contributed by atoms with Gasteiger partial charge in [0.15, 0.2) is 0 Å². The third kappa shape index (κ3) is 6.00. The van der Waals surface area contributed by atoms with Gasteiger partial charge in [-0.05, 0) is 33.1 Å². The van der Waals surface area contributed by atoms with Crippen LogP contribution in [0.25, 0.3) is 0 Å². The molecule has 3 unspecified atom stereocenters. The average molecular weight is 258 g/mol.